The number of hydrogen-bond donors (Lipinski definition) is 2. The quantitative estimate of drug-likeness (QED) is 0.694. The number of methoxy groups -OCH3 is 1. The van der Waals surface area contributed by atoms with Crippen LogP contribution in [0.25, 0.3) is 0 Å². The summed E-state index contributed by atoms with van der Waals surface area (Å²) in [5.74, 6) is -0.169. The maximum absolute atomic E-state index is 12.0. The van der Waals surface area contributed by atoms with Crippen LogP contribution in [0.1, 0.15) is 40.5 Å². The lowest BCUT2D eigenvalue weighted by atomic mass is 9.71. The van der Waals surface area contributed by atoms with Crippen LogP contribution in [-0.4, -0.2) is 36.7 Å². The molecule has 4 heteroatoms. The fraction of sp³-hybridized carbons (Fsp3) is 0.917. The minimum absolute atomic E-state index is 0.0844. The van der Waals surface area contributed by atoms with Gasteiger partial charge in [0.2, 0.25) is 0 Å². The topological polar surface area (TPSA) is 50.4 Å². The van der Waals surface area contributed by atoms with Crippen LogP contribution in [0.15, 0.2) is 0 Å². The number of esters is 1. The Balaban J connectivity index is 3.06. The summed E-state index contributed by atoms with van der Waals surface area (Å²) in [5, 5.41) is 6.72. The molecule has 94 valence electrons. The zero-order valence-electron chi connectivity index (χ0n) is 11.2. The zero-order chi connectivity index (χ0) is 12.6. The molecule has 0 aromatic carbocycles. The lowest BCUT2D eigenvalue weighted by Crippen LogP contribution is -2.69. The first kappa shape index (κ1) is 13.5. The van der Waals surface area contributed by atoms with E-state index in [9.17, 15) is 4.79 Å². The zero-order valence-corrected chi connectivity index (χ0v) is 11.2. The first-order valence-electron chi connectivity index (χ1n) is 5.73. The second-order valence-electron chi connectivity index (χ2n) is 6.07. The monoisotopic (exact) mass is 228 g/mol. The van der Waals surface area contributed by atoms with Crippen molar-refractivity contribution >= 4 is 5.97 Å². The van der Waals surface area contributed by atoms with Crippen molar-refractivity contribution < 1.29 is 9.53 Å². The summed E-state index contributed by atoms with van der Waals surface area (Å²) in [7, 11) is 3.28. The van der Waals surface area contributed by atoms with Gasteiger partial charge in [-0.15, -0.1) is 0 Å². The van der Waals surface area contributed by atoms with Crippen LogP contribution in [0.3, 0.4) is 0 Å². The highest BCUT2D eigenvalue weighted by molar-refractivity contribution is 5.81. The number of piperidine rings is 1. The van der Waals surface area contributed by atoms with Crippen molar-refractivity contribution in [2.45, 2.75) is 57.2 Å². The molecule has 1 heterocycles. The summed E-state index contributed by atoms with van der Waals surface area (Å²) in [4.78, 5) is 12.0. The highest BCUT2D eigenvalue weighted by Gasteiger charge is 2.51. The van der Waals surface area contributed by atoms with Gasteiger partial charge < -0.3 is 15.4 Å². The van der Waals surface area contributed by atoms with Gasteiger partial charge >= 0.3 is 5.97 Å². The molecule has 0 aromatic rings. The third-order valence-corrected chi connectivity index (χ3v) is 3.22. The van der Waals surface area contributed by atoms with Gasteiger partial charge in [0.25, 0.3) is 0 Å². The maximum Gasteiger partial charge on any atom is 0.326 e. The smallest absolute Gasteiger partial charge is 0.326 e. The van der Waals surface area contributed by atoms with E-state index in [2.05, 4.69) is 38.3 Å². The van der Waals surface area contributed by atoms with Crippen LogP contribution in [-0.2, 0) is 9.53 Å². The van der Waals surface area contributed by atoms with Gasteiger partial charge in [0.1, 0.15) is 5.54 Å². The second kappa shape index (κ2) is 4.00. The van der Waals surface area contributed by atoms with Crippen LogP contribution >= 0.6 is 0 Å². The first-order valence-corrected chi connectivity index (χ1v) is 5.73. The van der Waals surface area contributed by atoms with E-state index in [0.717, 1.165) is 12.8 Å². The lowest BCUT2D eigenvalue weighted by Gasteiger charge is -2.51. The highest BCUT2D eigenvalue weighted by atomic mass is 16.5. The van der Waals surface area contributed by atoms with Crippen molar-refractivity contribution in [2.75, 3.05) is 14.2 Å². The van der Waals surface area contributed by atoms with Crippen molar-refractivity contribution in [1.82, 2.24) is 10.6 Å². The van der Waals surface area contributed by atoms with E-state index in [1.807, 2.05) is 7.05 Å². The van der Waals surface area contributed by atoms with E-state index in [0.29, 0.717) is 0 Å². The van der Waals surface area contributed by atoms with Crippen LogP contribution in [0.5, 0.6) is 0 Å². The number of rotatable bonds is 2. The summed E-state index contributed by atoms with van der Waals surface area (Å²) in [6.07, 6.45) is 1.46. The number of ether oxygens (including phenoxy) is 1. The van der Waals surface area contributed by atoms with Crippen LogP contribution < -0.4 is 10.6 Å². The SMILES string of the molecule is CNC1(C(=O)OC)CC(C)(C)NC(C)(C)C1. The molecule has 1 rings (SSSR count). The van der Waals surface area contributed by atoms with E-state index < -0.39 is 5.54 Å². The Hall–Kier alpha value is -0.610. The molecule has 0 saturated carbocycles. The van der Waals surface area contributed by atoms with Gasteiger partial charge in [-0.25, -0.2) is 0 Å². The maximum atomic E-state index is 12.0. The Labute approximate surface area is 98.1 Å². The van der Waals surface area contributed by atoms with Gasteiger partial charge in [0.15, 0.2) is 0 Å². The molecule has 1 saturated heterocycles. The molecule has 1 aliphatic rings. The van der Waals surface area contributed by atoms with Gasteiger partial charge in [0.05, 0.1) is 7.11 Å². The molecule has 1 fully saturated rings. The van der Waals surface area contributed by atoms with Crippen molar-refractivity contribution in [2.24, 2.45) is 0 Å². The Morgan fingerprint density at radius 3 is 1.94 bits per heavy atom. The van der Waals surface area contributed by atoms with Gasteiger partial charge in [-0.2, -0.15) is 0 Å². The average Bonchev–Trinajstić information content (AvgIpc) is 2.11. The average molecular weight is 228 g/mol. The minimum Gasteiger partial charge on any atom is -0.468 e. The fourth-order valence-corrected chi connectivity index (χ4v) is 3.19. The molecule has 16 heavy (non-hydrogen) atoms. The molecule has 0 atom stereocenters. The largest absolute Gasteiger partial charge is 0.468 e. The highest BCUT2D eigenvalue weighted by Crippen LogP contribution is 2.36. The summed E-state index contributed by atoms with van der Waals surface area (Å²) in [6, 6.07) is 0. The number of likely N-dealkylation sites (N-methyl/N-ethyl adjacent to an activating group) is 1. The van der Waals surface area contributed by atoms with E-state index in [1.54, 1.807) is 0 Å². The summed E-state index contributed by atoms with van der Waals surface area (Å²) >= 11 is 0. The van der Waals surface area contributed by atoms with Crippen LogP contribution in [0.2, 0.25) is 0 Å². The molecule has 0 unspecified atom stereocenters. The van der Waals surface area contributed by atoms with Crippen LogP contribution in [0.4, 0.5) is 0 Å². The van der Waals surface area contributed by atoms with Crippen molar-refractivity contribution in [3.8, 4) is 0 Å². The Bertz CT molecular complexity index is 269. The number of carbonyl (C=O) groups is 1. The minimum atomic E-state index is -0.576. The Morgan fingerprint density at radius 1 is 1.19 bits per heavy atom. The molecule has 0 bridgehead atoms. The number of carbonyl (C=O) groups excluding carboxylic acids is 1. The molecule has 4 nitrogen and oxygen atoms in total. The molecule has 0 aliphatic carbocycles. The van der Waals surface area contributed by atoms with Gasteiger partial charge in [-0.05, 0) is 47.6 Å². The van der Waals surface area contributed by atoms with Crippen LogP contribution in [0, 0.1) is 0 Å². The fourth-order valence-electron chi connectivity index (χ4n) is 3.19. The second-order valence-corrected chi connectivity index (χ2v) is 6.07. The number of nitrogens with one attached hydrogen (secondary N) is 2. The molecule has 0 radical (unpaired) electrons. The van der Waals surface area contributed by atoms with Crippen molar-refractivity contribution in [3.63, 3.8) is 0 Å². The predicted octanol–water partition coefficient (Wildman–Crippen LogP) is 1.06. The molecule has 0 aromatic heterocycles. The number of hydrogen-bond acceptors (Lipinski definition) is 4. The van der Waals surface area contributed by atoms with Gasteiger partial charge in [-0.1, -0.05) is 0 Å². The Morgan fingerprint density at radius 2 is 1.62 bits per heavy atom. The molecular weight excluding hydrogens is 204 g/mol. The third kappa shape index (κ3) is 2.55. The Kier molecular flexibility index (Phi) is 3.37. The lowest BCUT2D eigenvalue weighted by molar-refractivity contribution is -0.152. The molecule has 0 amide bonds. The van der Waals surface area contributed by atoms with E-state index in [1.165, 1.54) is 7.11 Å². The molecule has 1 aliphatic heterocycles. The molecule has 2 N–H and O–H groups in total. The van der Waals surface area contributed by atoms with Crippen molar-refractivity contribution in [1.29, 1.82) is 0 Å². The van der Waals surface area contributed by atoms with E-state index >= 15 is 0 Å². The van der Waals surface area contributed by atoms with E-state index in [-0.39, 0.29) is 17.0 Å². The molecule has 0 spiro atoms. The standard InChI is InChI=1S/C12H24N2O2/c1-10(2)7-12(13-5,9(15)16-6)8-11(3,4)14-10/h13-14H,7-8H2,1-6H3. The first-order chi connectivity index (χ1) is 7.16. The normalized spacial score (nSPS) is 26.1. The summed E-state index contributed by atoms with van der Waals surface area (Å²) < 4.78 is 4.94. The van der Waals surface area contributed by atoms with Crippen molar-refractivity contribution in [3.05, 3.63) is 0 Å². The molecular formula is C12H24N2O2. The third-order valence-electron chi connectivity index (χ3n) is 3.22. The summed E-state index contributed by atoms with van der Waals surface area (Å²) in [5.41, 5.74) is -0.745. The van der Waals surface area contributed by atoms with Gasteiger partial charge in [0, 0.05) is 11.1 Å². The van der Waals surface area contributed by atoms with E-state index in [4.69, 9.17) is 4.74 Å². The van der Waals surface area contributed by atoms with Gasteiger partial charge in [-0.3, -0.25) is 4.79 Å². The summed E-state index contributed by atoms with van der Waals surface area (Å²) in [6.45, 7) is 8.46. The predicted molar refractivity (Wildman–Crippen MR) is 64.3 cm³/mol.